The molecule has 1 aliphatic heterocycles. The van der Waals surface area contributed by atoms with Gasteiger partial charge in [-0.15, -0.1) is 0 Å². The first kappa shape index (κ1) is 14.4. The molecule has 0 spiro atoms. The van der Waals surface area contributed by atoms with E-state index in [2.05, 4.69) is 41.4 Å². The second-order valence-electron chi connectivity index (χ2n) is 5.41. The lowest BCUT2D eigenvalue weighted by Gasteiger charge is -2.19. The lowest BCUT2D eigenvalue weighted by atomic mass is 9.97. The van der Waals surface area contributed by atoms with Crippen molar-refractivity contribution in [2.24, 2.45) is 0 Å². The number of hydrogen-bond donors (Lipinski definition) is 1. The maximum Gasteiger partial charge on any atom is 0.258 e. The Bertz CT molecular complexity index is 611. The predicted octanol–water partition coefficient (Wildman–Crippen LogP) is 4.13. The molecule has 0 saturated carbocycles. The Kier molecular flexibility index (Phi) is 4.48. The lowest BCUT2D eigenvalue weighted by molar-refractivity contribution is 0.424. The van der Waals surface area contributed by atoms with Gasteiger partial charge in [0.1, 0.15) is 0 Å². The van der Waals surface area contributed by atoms with Crippen LogP contribution in [0.5, 0.6) is 0 Å². The number of nitrogens with zero attached hydrogens (tertiary/aromatic N) is 2. The number of anilines is 1. The van der Waals surface area contributed by atoms with Gasteiger partial charge in [-0.1, -0.05) is 25.1 Å². The van der Waals surface area contributed by atoms with Crippen LogP contribution in [0.25, 0.3) is 11.5 Å². The summed E-state index contributed by atoms with van der Waals surface area (Å²) >= 11 is 1.87. The molecule has 3 rings (SSSR count). The van der Waals surface area contributed by atoms with Gasteiger partial charge in [-0.25, -0.2) is 0 Å². The minimum Gasteiger partial charge on any atom is -0.385 e. The van der Waals surface area contributed by atoms with Crippen molar-refractivity contribution in [3.63, 3.8) is 0 Å². The van der Waals surface area contributed by atoms with E-state index in [4.69, 9.17) is 4.52 Å². The summed E-state index contributed by atoms with van der Waals surface area (Å²) in [6, 6.07) is 6.24. The highest BCUT2D eigenvalue weighted by atomic mass is 32.2. The highest BCUT2D eigenvalue weighted by Gasteiger charge is 2.18. The Labute approximate surface area is 129 Å². The van der Waals surface area contributed by atoms with Gasteiger partial charge in [0.2, 0.25) is 0 Å². The van der Waals surface area contributed by atoms with Gasteiger partial charge in [-0.2, -0.15) is 16.7 Å². The summed E-state index contributed by atoms with van der Waals surface area (Å²) in [5.41, 5.74) is 3.58. The number of aromatic nitrogens is 2. The molecule has 5 heteroatoms. The smallest absolute Gasteiger partial charge is 0.258 e. The van der Waals surface area contributed by atoms with Gasteiger partial charge < -0.3 is 9.84 Å². The molecule has 1 N–H and O–H groups in total. The van der Waals surface area contributed by atoms with Crippen LogP contribution in [-0.4, -0.2) is 21.9 Å². The highest BCUT2D eigenvalue weighted by Crippen LogP contribution is 2.32. The fourth-order valence-corrected chi connectivity index (χ4v) is 3.25. The first-order valence-electron chi connectivity index (χ1n) is 7.58. The molecule has 0 amide bonds. The average molecular weight is 303 g/mol. The molecule has 1 aromatic heterocycles. The number of fused-ring (bicyclic) bond motifs is 1. The van der Waals surface area contributed by atoms with E-state index < -0.39 is 0 Å². The summed E-state index contributed by atoms with van der Waals surface area (Å²) in [4.78, 5) is 4.57. The zero-order valence-corrected chi connectivity index (χ0v) is 13.4. The molecule has 4 nitrogen and oxygen atoms in total. The second-order valence-corrected chi connectivity index (χ2v) is 6.83. The van der Waals surface area contributed by atoms with Gasteiger partial charge in [0.25, 0.3) is 5.89 Å². The number of rotatable bonds is 5. The minimum atomic E-state index is 0.626. The van der Waals surface area contributed by atoms with Crippen molar-refractivity contribution >= 4 is 17.4 Å². The van der Waals surface area contributed by atoms with Gasteiger partial charge in [0, 0.05) is 23.0 Å². The molecule has 112 valence electrons. The van der Waals surface area contributed by atoms with E-state index in [0.29, 0.717) is 11.1 Å². The van der Waals surface area contributed by atoms with Crippen molar-refractivity contribution in [2.75, 3.05) is 11.9 Å². The Morgan fingerprint density at radius 2 is 2.33 bits per heavy atom. The molecular weight excluding hydrogens is 282 g/mol. The van der Waals surface area contributed by atoms with Gasteiger partial charge in [-0.05, 0) is 37.0 Å². The molecule has 1 unspecified atom stereocenters. The zero-order valence-electron chi connectivity index (χ0n) is 12.6. The maximum absolute atomic E-state index is 5.48. The molecule has 1 atom stereocenters. The van der Waals surface area contributed by atoms with Crippen LogP contribution in [0.4, 0.5) is 5.69 Å². The van der Waals surface area contributed by atoms with Crippen molar-refractivity contribution in [3.8, 4) is 11.5 Å². The third-order valence-corrected chi connectivity index (χ3v) is 5.19. The summed E-state index contributed by atoms with van der Waals surface area (Å²) in [5, 5.41) is 8.18. The van der Waals surface area contributed by atoms with Crippen LogP contribution in [0.2, 0.25) is 0 Å². The van der Waals surface area contributed by atoms with Crippen LogP contribution in [0, 0.1) is 0 Å². The van der Waals surface area contributed by atoms with Crippen molar-refractivity contribution in [1.29, 1.82) is 0 Å². The van der Waals surface area contributed by atoms with Crippen LogP contribution >= 0.6 is 11.8 Å². The first-order chi connectivity index (χ1) is 10.3. The second kappa shape index (κ2) is 6.52. The molecular formula is C16H21N3OS. The topological polar surface area (TPSA) is 51.0 Å². The van der Waals surface area contributed by atoms with Crippen LogP contribution in [0.3, 0.4) is 0 Å². The Balaban J connectivity index is 1.80. The summed E-state index contributed by atoms with van der Waals surface area (Å²) in [6.07, 6.45) is 3.37. The largest absolute Gasteiger partial charge is 0.385 e. The molecule has 0 fully saturated rings. The van der Waals surface area contributed by atoms with Crippen LogP contribution in [-0.2, 0) is 12.2 Å². The minimum absolute atomic E-state index is 0.626. The Morgan fingerprint density at radius 3 is 3.19 bits per heavy atom. The summed E-state index contributed by atoms with van der Waals surface area (Å²) in [6.45, 7) is 5.46. The molecule has 2 heterocycles. The number of thioether (sulfide) groups is 1. The van der Waals surface area contributed by atoms with Gasteiger partial charge >= 0.3 is 0 Å². The molecule has 21 heavy (non-hydrogen) atoms. The van der Waals surface area contributed by atoms with E-state index in [-0.39, 0.29) is 0 Å². The predicted molar refractivity (Wildman–Crippen MR) is 87.6 cm³/mol. The van der Waals surface area contributed by atoms with Crippen LogP contribution in [0.15, 0.2) is 22.7 Å². The zero-order chi connectivity index (χ0) is 14.7. The van der Waals surface area contributed by atoms with Gasteiger partial charge in [0.15, 0.2) is 5.82 Å². The molecule has 0 aliphatic carbocycles. The van der Waals surface area contributed by atoms with E-state index in [1.807, 2.05) is 17.8 Å². The van der Waals surface area contributed by atoms with E-state index in [0.717, 1.165) is 42.9 Å². The van der Waals surface area contributed by atoms with Crippen LogP contribution < -0.4 is 5.32 Å². The third-order valence-electron chi connectivity index (χ3n) is 3.87. The van der Waals surface area contributed by atoms with Crippen molar-refractivity contribution in [3.05, 3.63) is 29.6 Å². The SMILES string of the molecule is CCC(C)SCc1noc(-c2cccc3c2CCCN3)n1. The molecule has 0 bridgehead atoms. The first-order valence-corrected chi connectivity index (χ1v) is 8.63. The molecule has 2 aromatic rings. The lowest BCUT2D eigenvalue weighted by Crippen LogP contribution is -2.12. The average Bonchev–Trinajstić information content (AvgIpc) is 3.00. The van der Waals surface area contributed by atoms with Gasteiger partial charge in [-0.3, -0.25) is 0 Å². The van der Waals surface area contributed by atoms with Gasteiger partial charge in [0.05, 0.1) is 5.75 Å². The fraction of sp³-hybridized carbons (Fsp3) is 0.500. The Hall–Kier alpha value is -1.49. The van der Waals surface area contributed by atoms with E-state index >= 15 is 0 Å². The maximum atomic E-state index is 5.48. The Morgan fingerprint density at radius 1 is 1.43 bits per heavy atom. The third kappa shape index (κ3) is 3.23. The van der Waals surface area contributed by atoms with E-state index in [1.54, 1.807) is 0 Å². The monoisotopic (exact) mass is 303 g/mol. The van der Waals surface area contributed by atoms with Crippen LogP contribution in [0.1, 0.15) is 38.1 Å². The van der Waals surface area contributed by atoms with Crippen molar-refractivity contribution in [1.82, 2.24) is 10.1 Å². The summed E-state index contributed by atoms with van der Waals surface area (Å²) in [5.74, 6) is 2.25. The fourth-order valence-electron chi connectivity index (χ4n) is 2.47. The summed E-state index contributed by atoms with van der Waals surface area (Å²) < 4.78 is 5.48. The van der Waals surface area contributed by atoms with E-state index in [1.165, 1.54) is 11.3 Å². The number of nitrogens with one attached hydrogen (secondary N) is 1. The standard InChI is InChI=1S/C16H21N3OS/c1-3-11(2)21-10-15-18-16(20-19-15)13-6-4-8-14-12(13)7-5-9-17-14/h4,6,8,11,17H,3,5,7,9-10H2,1-2H3. The number of benzene rings is 1. The normalized spacial score (nSPS) is 15.3. The quantitative estimate of drug-likeness (QED) is 0.900. The molecule has 1 aromatic carbocycles. The molecule has 1 aliphatic rings. The van der Waals surface area contributed by atoms with E-state index in [9.17, 15) is 0 Å². The summed E-state index contributed by atoms with van der Waals surface area (Å²) in [7, 11) is 0. The molecule has 0 radical (unpaired) electrons. The molecule has 0 saturated heterocycles. The van der Waals surface area contributed by atoms with Crippen molar-refractivity contribution < 1.29 is 4.52 Å². The van der Waals surface area contributed by atoms with Crippen molar-refractivity contribution in [2.45, 2.75) is 44.1 Å². The number of hydrogen-bond acceptors (Lipinski definition) is 5. The highest BCUT2D eigenvalue weighted by molar-refractivity contribution is 7.99.